The van der Waals surface area contributed by atoms with Crippen LogP contribution in [0.3, 0.4) is 0 Å². The molecule has 11 heavy (non-hydrogen) atoms. The molecule has 0 saturated carbocycles. The van der Waals surface area contributed by atoms with Crippen LogP contribution < -0.4 is 5.73 Å². The molecule has 0 spiro atoms. The number of rotatable bonds is 5. The highest BCUT2D eigenvalue weighted by atomic mass is 79.9. The molecule has 0 heterocycles. The summed E-state index contributed by atoms with van der Waals surface area (Å²) in [6.45, 7) is 1.91. The molecule has 0 aromatic heterocycles. The normalized spacial score (nSPS) is 15.9. The van der Waals surface area contributed by atoms with Crippen molar-refractivity contribution < 1.29 is 9.53 Å². The fraction of sp³-hybridized carbons (Fsp3) is 0.857. The van der Waals surface area contributed by atoms with Crippen LogP contribution in [0.25, 0.3) is 0 Å². The molecule has 0 aliphatic carbocycles. The van der Waals surface area contributed by atoms with Gasteiger partial charge in [0.05, 0.1) is 0 Å². The first-order valence-corrected chi connectivity index (χ1v) is 4.29. The highest BCUT2D eigenvalue weighted by molar-refractivity contribution is 9.10. The number of hydrogen-bond acceptors (Lipinski definition) is 2. The van der Waals surface area contributed by atoms with Crippen molar-refractivity contribution in [3.63, 3.8) is 0 Å². The fourth-order valence-corrected chi connectivity index (χ4v) is 0.961. The average molecular weight is 224 g/mol. The summed E-state index contributed by atoms with van der Waals surface area (Å²) in [6, 6.07) is 0. The Balaban J connectivity index is 3.45. The second-order valence-electron chi connectivity index (χ2n) is 2.63. The van der Waals surface area contributed by atoms with E-state index < -0.39 is 0 Å². The summed E-state index contributed by atoms with van der Waals surface area (Å²) in [6.07, 6.45) is 1.96. The van der Waals surface area contributed by atoms with Crippen molar-refractivity contribution in [1.29, 1.82) is 0 Å². The number of methoxy groups -OCH3 is 1. The highest BCUT2D eigenvalue weighted by Gasteiger charge is 2.17. The molecule has 2 N–H and O–H groups in total. The Morgan fingerprint density at radius 2 is 2.27 bits per heavy atom. The van der Waals surface area contributed by atoms with Gasteiger partial charge in [0.1, 0.15) is 4.51 Å². The predicted molar refractivity (Wildman–Crippen MR) is 47.4 cm³/mol. The molecule has 0 aromatic rings. The van der Waals surface area contributed by atoms with E-state index in [4.69, 9.17) is 10.5 Å². The van der Waals surface area contributed by atoms with E-state index in [1.54, 1.807) is 7.11 Å². The van der Waals surface area contributed by atoms with Crippen LogP contribution in [0.4, 0.5) is 0 Å². The van der Waals surface area contributed by atoms with Crippen LogP contribution in [-0.4, -0.2) is 17.5 Å². The van der Waals surface area contributed by atoms with Crippen LogP contribution in [0, 0.1) is 0 Å². The molecular formula is C7H14BrNO2. The number of nitrogens with two attached hydrogens (primary N) is 1. The number of primary amides is 1. The van der Waals surface area contributed by atoms with Crippen LogP contribution in [0.2, 0.25) is 0 Å². The van der Waals surface area contributed by atoms with E-state index in [1.807, 2.05) is 6.92 Å². The van der Waals surface area contributed by atoms with Crippen LogP contribution in [0.1, 0.15) is 26.2 Å². The van der Waals surface area contributed by atoms with Gasteiger partial charge in [0, 0.05) is 13.5 Å². The van der Waals surface area contributed by atoms with Gasteiger partial charge < -0.3 is 10.5 Å². The Morgan fingerprint density at radius 3 is 2.64 bits per heavy atom. The van der Waals surface area contributed by atoms with Gasteiger partial charge >= 0.3 is 0 Å². The Labute approximate surface area is 75.4 Å². The lowest BCUT2D eigenvalue weighted by Gasteiger charge is -2.19. The van der Waals surface area contributed by atoms with Crippen molar-refractivity contribution in [2.45, 2.75) is 30.7 Å². The molecule has 0 aliphatic heterocycles. The lowest BCUT2D eigenvalue weighted by atomic mass is 10.2. The van der Waals surface area contributed by atoms with Crippen molar-refractivity contribution in [3.8, 4) is 0 Å². The summed E-state index contributed by atoms with van der Waals surface area (Å²) in [7, 11) is 1.62. The topological polar surface area (TPSA) is 52.3 Å². The molecule has 0 saturated heterocycles. The van der Waals surface area contributed by atoms with E-state index in [9.17, 15) is 4.79 Å². The maximum Gasteiger partial charge on any atom is 0.217 e. The Kier molecular flexibility index (Phi) is 4.68. The Morgan fingerprint density at radius 1 is 1.73 bits per heavy atom. The SMILES string of the molecule is COC(C)(Br)CCCC(N)=O. The zero-order valence-electron chi connectivity index (χ0n) is 6.89. The van der Waals surface area contributed by atoms with Crippen molar-refractivity contribution in [2.75, 3.05) is 7.11 Å². The average Bonchev–Trinajstić information content (AvgIpc) is 1.87. The molecule has 0 bridgehead atoms. The minimum absolute atomic E-state index is 0.260. The second-order valence-corrected chi connectivity index (χ2v) is 4.30. The Hall–Kier alpha value is -0.0900. The second kappa shape index (κ2) is 4.72. The third kappa shape index (κ3) is 6.31. The van der Waals surface area contributed by atoms with E-state index in [1.165, 1.54) is 0 Å². The first-order chi connectivity index (χ1) is 4.98. The lowest BCUT2D eigenvalue weighted by molar-refractivity contribution is -0.118. The smallest absolute Gasteiger partial charge is 0.217 e. The molecule has 1 amide bonds. The van der Waals surface area contributed by atoms with Gasteiger partial charge in [-0.1, -0.05) is 15.9 Å². The quantitative estimate of drug-likeness (QED) is 0.717. The highest BCUT2D eigenvalue weighted by Crippen LogP contribution is 2.24. The van der Waals surface area contributed by atoms with Gasteiger partial charge in [0.15, 0.2) is 0 Å². The van der Waals surface area contributed by atoms with Gasteiger partial charge in [-0.25, -0.2) is 0 Å². The van der Waals surface area contributed by atoms with Crippen LogP contribution in [-0.2, 0) is 9.53 Å². The zero-order chi connectivity index (χ0) is 8.91. The maximum atomic E-state index is 10.3. The molecule has 0 radical (unpaired) electrons. The number of alkyl halides is 1. The summed E-state index contributed by atoms with van der Waals surface area (Å²) in [5.41, 5.74) is 4.97. The van der Waals surface area contributed by atoms with Crippen molar-refractivity contribution in [1.82, 2.24) is 0 Å². The predicted octanol–water partition coefficient (Wildman–Crippen LogP) is 1.40. The monoisotopic (exact) mass is 223 g/mol. The van der Waals surface area contributed by atoms with Crippen molar-refractivity contribution in [2.24, 2.45) is 5.73 Å². The van der Waals surface area contributed by atoms with Gasteiger partial charge in [0.2, 0.25) is 5.91 Å². The van der Waals surface area contributed by atoms with Crippen molar-refractivity contribution >= 4 is 21.8 Å². The number of halogens is 1. The fourth-order valence-electron chi connectivity index (χ4n) is 0.680. The molecule has 1 atom stereocenters. The summed E-state index contributed by atoms with van der Waals surface area (Å²) < 4.78 is 4.77. The van der Waals surface area contributed by atoms with Gasteiger partial charge in [-0.15, -0.1) is 0 Å². The number of hydrogen-bond donors (Lipinski definition) is 1. The van der Waals surface area contributed by atoms with Crippen molar-refractivity contribution in [3.05, 3.63) is 0 Å². The summed E-state index contributed by atoms with van der Waals surface area (Å²) in [4.78, 5) is 10.3. The number of amides is 1. The third-order valence-corrected chi connectivity index (χ3v) is 2.19. The standard InChI is InChI=1S/C7H14BrNO2/c1-7(8,11-2)5-3-4-6(9)10/h3-5H2,1-2H3,(H2,9,10). The molecule has 0 fully saturated rings. The number of carbonyl (C=O) groups is 1. The molecule has 1 unspecified atom stereocenters. The maximum absolute atomic E-state index is 10.3. The molecule has 0 aliphatic rings. The van der Waals surface area contributed by atoms with E-state index >= 15 is 0 Å². The van der Waals surface area contributed by atoms with E-state index in [-0.39, 0.29) is 10.4 Å². The molecule has 3 nitrogen and oxygen atoms in total. The molecular weight excluding hydrogens is 210 g/mol. The Bertz CT molecular complexity index is 136. The van der Waals surface area contributed by atoms with Gasteiger partial charge in [-0.2, -0.15) is 0 Å². The number of ether oxygens (including phenoxy) is 1. The minimum Gasteiger partial charge on any atom is -0.370 e. The van der Waals surface area contributed by atoms with E-state index in [0.29, 0.717) is 6.42 Å². The first-order valence-electron chi connectivity index (χ1n) is 3.50. The van der Waals surface area contributed by atoms with Crippen LogP contribution in [0.15, 0.2) is 0 Å². The lowest BCUT2D eigenvalue weighted by Crippen LogP contribution is -2.19. The molecule has 0 rings (SSSR count). The third-order valence-electron chi connectivity index (χ3n) is 1.47. The molecule has 4 heteroatoms. The van der Waals surface area contributed by atoms with Gasteiger partial charge in [0.25, 0.3) is 0 Å². The van der Waals surface area contributed by atoms with E-state index in [0.717, 1.165) is 12.8 Å². The number of carbonyl (C=O) groups excluding carboxylic acids is 1. The molecule has 0 aromatic carbocycles. The van der Waals surface area contributed by atoms with E-state index in [2.05, 4.69) is 15.9 Å². The molecule has 66 valence electrons. The minimum atomic E-state index is -0.317. The summed E-state index contributed by atoms with van der Waals surface area (Å²) in [5, 5.41) is 0. The van der Waals surface area contributed by atoms with Crippen LogP contribution >= 0.6 is 15.9 Å². The van der Waals surface area contributed by atoms with Gasteiger partial charge in [-0.05, 0) is 19.8 Å². The van der Waals surface area contributed by atoms with Gasteiger partial charge in [-0.3, -0.25) is 4.79 Å². The zero-order valence-corrected chi connectivity index (χ0v) is 8.48. The van der Waals surface area contributed by atoms with Crippen LogP contribution in [0.5, 0.6) is 0 Å². The first kappa shape index (κ1) is 10.9. The largest absolute Gasteiger partial charge is 0.370 e. The summed E-state index contributed by atoms with van der Waals surface area (Å²) in [5.74, 6) is -0.260. The summed E-state index contributed by atoms with van der Waals surface area (Å²) >= 11 is 3.36.